The van der Waals surface area contributed by atoms with Gasteiger partial charge in [0.15, 0.2) is 23.8 Å². The molecule has 0 aliphatic heterocycles. The van der Waals surface area contributed by atoms with Crippen molar-refractivity contribution in [2.45, 2.75) is 30.3 Å². The van der Waals surface area contributed by atoms with Crippen LogP contribution >= 0.6 is 0 Å². The lowest BCUT2D eigenvalue weighted by Gasteiger charge is -2.08. The van der Waals surface area contributed by atoms with E-state index in [4.69, 9.17) is 23.7 Å². The van der Waals surface area contributed by atoms with E-state index in [1.807, 2.05) is 12.1 Å². The van der Waals surface area contributed by atoms with Crippen molar-refractivity contribution in [1.29, 1.82) is 10.5 Å². The van der Waals surface area contributed by atoms with E-state index in [0.717, 1.165) is 12.1 Å². The molecule has 0 amide bonds. The molecule has 0 spiro atoms. The zero-order valence-corrected chi connectivity index (χ0v) is 10.7. The Labute approximate surface area is 120 Å². The Morgan fingerprint density at radius 2 is 1.38 bits per heavy atom. The van der Waals surface area contributed by atoms with Gasteiger partial charge in [-0.3, -0.25) is 9.69 Å². The number of rotatable bonds is 2. The number of nitriles is 2. The van der Waals surface area contributed by atoms with E-state index in [2.05, 4.69) is 9.69 Å². The number of halogens is 2. The molecule has 4 atom stereocenters. The molecule has 21 heavy (non-hydrogen) atoms. The minimum absolute atomic E-state index is 0.194. The average Bonchev–Trinajstić information content (AvgIpc) is 2.82. The monoisotopic (exact) mass is 282 g/mol. The molecule has 0 saturated heterocycles. The summed E-state index contributed by atoms with van der Waals surface area (Å²) in [5.41, 5.74) is 0.704. The molecule has 0 heterocycles. The summed E-state index contributed by atoms with van der Waals surface area (Å²) in [6.07, 6.45) is 0.194. The molecule has 4 nitrogen and oxygen atoms in total. The Morgan fingerprint density at radius 1 is 1.00 bits per heavy atom. The van der Waals surface area contributed by atoms with Gasteiger partial charge in [-0.1, -0.05) is 0 Å². The molecule has 6 heteroatoms. The molecule has 0 bridgehead atoms. The van der Waals surface area contributed by atoms with Crippen molar-refractivity contribution in [2.24, 2.45) is 0 Å². The molecule has 0 aromatic heterocycles. The van der Waals surface area contributed by atoms with Crippen molar-refractivity contribution in [2.75, 3.05) is 0 Å². The highest BCUT2D eigenvalue weighted by atomic mass is 19.2. The molecule has 0 fully saturated rings. The largest absolute Gasteiger partial charge is 0.313 e. The average molecular weight is 282 g/mol. The molecule has 1 aliphatic rings. The predicted octanol–water partition coefficient (Wildman–Crippen LogP) is 3.16. The molecule has 0 radical (unpaired) electrons. The Balaban J connectivity index is 2.59. The van der Waals surface area contributed by atoms with Crippen molar-refractivity contribution < 1.29 is 8.78 Å². The first-order valence-electron chi connectivity index (χ1n) is 6.08. The molecule has 4 unspecified atom stereocenters. The number of nitrogens with zero attached hydrogens (tertiary/aromatic N) is 4. The summed E-state index contributed by atoms with van der Waals surface area (Å²) >= 11 is 0. The smallest absolute Gasteiger partial charge is 0.297 e. The minimum atomic E-state index is -1.06. The van der Waals surface area contributed by atoms with Crippen LogP contribution in [0.25, 0.3) is 9.69 Å². The van der Waals surface area contributed by atoms with Gasteiger partial charge >= 0.3 is 12.1 Å². The van der Waals surface area contributed by atoms with Gasteiger partial charge in [0.2, 0.25) is 0 Å². The summed E-state index contributed by atoms with van der Waals surface area (Å²) in [6.45, 7) is 14.1. The Hall–Kier alpha value is -2.96. The maximum absolute atomic E-state index is 13.4. The number of hydrogen-bond donors (Lipinski definition) is 0. The van der Waals surface area contributed by atoms with Gasteiger partial charge in [0, 0.05) is 0 Å². The summed E-state index contributed by atoms with van der Waals surface area (Å²) in [7, 11) is 0. The van der Waals surface area contributed by atoms with Crippen molar-refractivity contribution in [3.05, 3.63) is 57.7 Å². The van der Waals surface area contributed by atoms with Crippen LogP contribution in [-0.2, 0) is 0 Å². The van der Waals surface area contributed by atoms with E-state index >= 15 is 0 Å². The van der Waals surface area contributed by atoms with E-state index in [0.29, 0.717) is 11.1 Å². The third-order valence-corrected chi connectivity index (χ3v) is 3.74. The van der Waals surface area contributed by atoms with Crippen LogP contribution < -0.4 is 0 Å². The Morgan fingerprint density at radius 3 is 1.67 bits per heavy atom. The van der Waals surface area contributed by atoms with Gasteiger partial charge in [0.25, 0.3) is 0 Å². The maximum Gasteiger partial charge on any atom is 0.313 e. The van der Waals surface area contributed by atoms with Crippen LogP contribution in [0.2, 0.25) is 0 Å². The van der Waals surface area contributed by atoms with E-state index in [1.54, 1.807) is 0 Å². The Bertz CT molecular complexity index is 654. The number of hydrogen-bond acceptors (Lipinski definition) is 2. The van der Waals surface area contributed by atoms with Gasteiger partial charge in [-0.15, -0.1) is 0 Å². The predicted molar refractivity (Wildman–Crippen MR) is 68.5 cm³/mol. The van der Waals surface area contributed by atoms with Gasteiger partial charge in [0.05, 0.1) is 11.8 Å². The molecular weight excluding hydrogens is 274 g/mol. The molecule has 1 aromatic carbocycles. The lowest BCUT2D eigenvalue weighted by atomic mass is 9.92. The van der Waals surface area contributed by atoms with E-state index < -0.39 is 35.6 Å². The topological polar surface area (TPSA) is 56.3 Å². The van der Waals surface area contributed by atoms with Crippen molar-refractivity contribution in [1.82, 2.24) is 0 Å². The highest BCUT2D eigenvalue weighted by Gasteiger charge is 2.45. The summed E-state index contributed by atoms with van der Waals surface area (Å²) in [5, 5.41) is 18.0. The maximum atomic E-state index is 13.4. The van der Waals surface area contributed by atoms with E-state index in [-0.39, 0.29) is 6.42 Å². The van der Waals surface area contributed by atoms with Crippen molar-refractivity contribution in [3.8, 4) is 12.1 Å². The molecule has 0 N–H and O–H groups in total. The summed E-state index contributed by atoms with van der Waals surface area (Å²) in [4.78, 5) is 6.39. The summed E-state index contributed by atoms with van der Waals surface area (Å²) in [5.74, 6) is -3.34. The van der Waals surface area contributed by atoms with Crippen LogP contribution in [0, 0.1) is 47.4 Å². The summed E-state index contributed by atoms with van der Waals surface area (Å²) in [6, 6.07) is 3.54. The molecule has 1 aromatic rings. The zero-order valence-electron chi connectivity index (χ0n) is 10.7. The van der Waals surface area contributed by atoms with Crippen LogP contribution in [0.3, 0.4) is 0 Å². The molecule has 1 aliphatic carbocycles. The molecule has 102 valence electrons. The first kappa shape index (κ1) is 14.4. The van der Waals surface area contributed by atoms with Gasteiger partial charge in [0.1, 0.15) is 0 Å². The van der Waals surface area contributed by atoms with Gasteiger partial charge in [-0.05, 0) is 29.7 Å². The molecule has 2 rings (SSSR count). The number of fused-ring (bicyclic) bond motifs is 1. The first-order valence-corrected chi connectivity index (χ1v) is 6.08. The second-order valence-electron chi connectivity index (χ2n) is 4.75. The van der Waals surface area contributed by atoms with E-state index in [1.165, 1.54) is 0 Å². The van der Waals surface area contributed by atoms with Crippen LogP contribution in [0.15, 0.2) is 12.1 Å². The third-order valence-electron chi connectivity index (χ3n) is 3.74. The SMILES string of the molecule is [C-]#[N+]C(C#N)C1CC(C(C#N)[N+]#[C-])c2cc(F)c(F)cc21. The van der Waals surface area contributed by atoms with Gasteiger partial charge in [-0.25, -0.2) is 21.9 Å². The number of benzene rings is 1. The van der Waals surface area contributed by atoms with Crippen LogP contribution in [-0.4, -0.2) is 12.1 Å². The first-order chi connectivity index (χ1) is 10.1. The second-order valence-corrected chi connectivity index (χ2v) is 4.75. The highest BCUT2D eigenvalue weighted by Crippen LogP contribution is 2.47. The quantitative estimate of drug-likeness (QED) is 0.782. The third kappa shape index (κ3) is 2.29. The van der Waals surface area contributed by atoms with E-state index in [9.17, 15) is 8.78 Å². The molecular formula is C15H8F2N4. The van der Waals surface area contributed by atoms with Crippen LogP contribution in [0.5, 0.6) is 0 Å². The minimum Gasteiger partial charge on any atom is -0.297 e. The van der Waals surface area contributed by atoms with Crippen LogP contribution in [0.1, 0.15) is 29.4 Å². The normalized spacial score (nSPS) is 22.0. The fraction of sp³-hybridized carbons (Fsp3) is 0.333. The highest BCUT2D eigenvalue weighted by molar-refractivity contribution is 5.45. The van der Waals surface area contributed by atoms with Crippen LogP contribution in [0.4, 0.5) is 8.78 Å². The standard InChI is InChI=1S/C15H8F2N4/c1-20-14(6-18)10-3-11(15(7-19)21-2)9-5-13(17)12(16)4-8(9)10/h4-5,10-11,14-15H,3H2. The summed E-state index contributed by atoms with van der Waals surface area (Å²) < 4.78 is 26.9. The van der Waals surface area contributed by atoms with Gasteiger partial charge < -0.3 is 0 Å². The van der Waals surface area contributed by atoms with Crippen molar-refractivity contribution >= 4 is 0 Å². The van der Waals surface area contributed by atoms with Crippen molar-refractivity contribution in [3.63, 3.8) is 0 Å². The fourth-order valence-electron chi connectivity index (χ4n) is 2.76. The fourth-order valence-corrected chi connectivity index (χ4v) is 2.76. The Kier molecular flexibility index (Phi) is 3.84. The zero-order chi connectivity index (χ0) is 15.6. The molecule has 0 saturated carbocycles. The second kappa shape index (κ2) is 5.58. The lowest BCUT2D eigenvalue weighted by molar-refractivity contribution is 0.505. The van der Waals surface area contributed by atoms with Gasteiger partial charge in [-0.2, -0.15) is 10.5 Å². The lowest BCUT2D eigenvalue weighted by Crippen LogP contribution is -2.13.